The summed E-state index contributed by atoms with van der Waals surface area (Å²) in [6, 6.07) is 3.63. The van der Waals surface area contributed by atoms with E-state index in [9.17, 15) is 19.7 Å². The van der Waals surface area contributed by atoms with Crippen molar-refractivity contribution in [1.82, 2.24) is 9.97 Å². The number of non-ortho nitro benzene ring substituents is 1. The standard InChI is InChI=1S/C18H17N3O6S/c1-8-10(3)28-17-14(8)16(22)19-15(20-17)9(2)27-18(23)12-7-11(21(24)25)5-6-13(12)26-4/h5-7,9H,1-4H3,(H,19,20,22)/t9-/m1/s1. The molecular formula is C18H17N3O6S. The van der Waals surface area contributed by atoms with Gasteiger partial charge >= 0.3 is 5.97 Å². The number of nitrogens with zero attached hydrogens (tertiary/aromatic N) is 2. The van der Waals surface area contributed by atoms with Crippen LogP contribution in [0.1, 0.15) is 39.7 Å². The van der Waals surface area contributed by atoms with Crippen LogP contribution in [0.3, 0.4) is 0 Å². The molecule has 0 saturated heterocycles. The fourth-order valence-corrected chi connectivity index (χ4v) is 3.75. The van der Waals surface area contributed by atoms with Gasteiger partial charge in [0.25, 0.3) is 11.2 Å². The van der Waals surface area contributed by atoms with Crippen LogP contribution in [0.2, 0.25) is 0 Å². The Hall–Kier alpha value is -3.27. The average Bonchev–Trinajstić information content (AvgIpc) is 2.95. The fraction of sp³-hybridized carbons (Fsp3) is 0.278. The minimum atomic E-state index is -0.878. The normalized spacial score (nSPS) is 12.0. The van der Waals surface area contributed by atoms with E-state index in [-0.39, 0.29) is 28.4 Å². The lowest BCUT2D eigenvalue weighted by molar-refractivity contribution is -0.384. The van der Waals surface area contributed by atoms with Crippen LogP contribution in [-0.2, 0) is 4.74 Å². The highest BCUT2D eigenvalue weighted by molar-refractivity contribution is 7.18. The number of aromatic nitrogens is 2. The Morgan fingerprint density at radius 2 is 2.07 bits per heavy atom. The van der Waals surface area contributed by atoms with Crippen molar-refractivity contribution in [2.45, 2.75) is 26.9 Å². The maximum absolute atomic E-state index is 12.5. The van der Waals surface area contributed by atoms with Crippen molar-refractivity contribution in [2.24, 2.45) is 0 Å². The van der Waals surface area contributed by atoms with Gasteiger partial charge in [-0.15, -0.1) is 11.3 Å². The van der Waals surface area contributed by atoms with Gasteiger partial charge in [0.05, 0.1) is 17.4 Å². The largest absolute Gasteiger partial charge is 0.496 e. The van der Waals surface area contributed by atoms with E-state index in [1.54, 1.807) is 6.92 Å². The third-order valence-electron chi connectivity index (χ3n) is 4.34. The van der Waals surface area contributed by atoms with E-state index >= 15 is 0 Å². The Kier molecular flexibility index (Phi) is 5.14. The molecule has 1 aromatic carbocycles. The van der Waals surface area contributed by atoms with Crippen molar-refractivity contribution in [3.63, 3.8) is 0 Å². The number of ether oxygens (including phenoxy) is 2. The van der Waals surface area contributed by atoms with E-state index in [1.165, 1.54) is 30.6 Å². The molecule has 0 radical (unpaired) electrons. The Morgan fingerprint density at radius 1 is 1.36 bits per heavy atom. The number of carbonyl (C=O) groups is 1. The van der Waals surface area contributed by atoms with Gasteiger partial charge in [0.1, 0.15) is 16.1 Å². The highest BCUT2D eigenvalue weighted by Crippen LogP contribution is 2.29. The molecule has 0 saturated carbocycles. The number of benzene rings is 1. The summed E-state index contributed by atoms with van der Waals surface area (Å²) in [5, 5.41) is 11.5. The topological polar surface area (TPSA) is 124 Å². The lowest BCUT2D eigenvalue weighted by Gasteiger charge is -2.14. The van der Waals surface area contributed by atoms with Gasteiger partial charge in [-0.1, -0.05) is 0 Å². The SMILES string of the molecule is COc1ccc([N+](=O)[O-])cc1C(=O)O[C@H](C)c1nc2sc(C)c(C)c2c(=O)[nH]1. The summed E-state index contributed by atoms with van der Waals surface area (Å²) in [6.07, 6.45) is -0.878. The predicted octanol–water partition coefficient (Wildman–Crippen LogP) is 3.44. The molecule has 0 fully saturated rings. The summed E-state index contributed by atoms with van der Waals surface area (Å²) < 4.78 is 10.5. The Balaban J connectivity index is 1.93. The van der Waals surface area contributed by atoms with E-state index in [4.69, 9.17) is 9.47 Å². The lowest BCUT2D eigenvalue weighted by atomic mass is 10.1. The van der Waals surface area contributed by atoms with Crippen molar-refractivity contribution < 1.29 is 19.2 Å². The molecule has 1 N–H and O–H groups in total. The zero-order chi connectivity index (χ0) is 20.6. The molecule has 0 unspecified atom stereocenters. The minimum absolute atomic E-state index is 0.0882. The quantitative estimate of drug-likeness (QED) is 0.393. The number of nitro benzene ring substituents is 1. The third-order valence-corrected chi connectivity index (χ3v) is 5.44. The summed E-state index contributed by atoms with van der Waals surface area (Å²) in [6.45, 7) is 5.31. The number of aromatic amines is 1. The molecule has 0 aliphatic carbocycles. The number of thiophene rings is 1. The summed E-state index contributed by atoms with van der Waals surface area (Å²) in [5.41, 5.74) is 0.205. The van der Waals surface area contributed by atoms with Crippen molar-refractivity contribution in [1.29, 1.82) is 0 Å². The number of carbonyl (C=O) groups excluding carboxylic acids is 1. The van der Waals surface area contributed by atoms with Crippen LogP contribution < -0.4 is 10.3 Å². The van der Waals surface area contributed by atoms with Crippen molar-refractivity contribution in [2.75, 3.05) is 7.11 Å². The van der Waals surface area contributed by atoms with Crippen molar-refractivity contribution >= 4 is 33.2 Å². The number of H-pyrrole nitrogens is 1. The highest BCUT2D eigenvalue weighted by atomic mass is 32.1. The zero-order valence-corrected chi connectivity index (χ0v) is 16.4. The third kappa shape index (κ3) is 3.46. The molecule has 2 heterocycles. The van der Waals surface area contributed by atoms with Crippen LogP contribution in [-0.4, -0.2) is 28.0 Å². The van der Waals surface area contributed by atoms with Crippen molar-refractivity contribution in [3.05, 3.63) is 60.5 Å². The lowest BCUT2D eigenvalue weighted by Crippen LogP contribution is -2.17. The fourth-order valence-electron chi connectivity index (χ4n) is 2.71. The molecule has 0 aliphatic heterocycles. The first-order chi connectivity index (χ1) is 13.2. The molecule has 0 amide bonds. The van der Waals surface area contributed by atoms with Gasteiger partial charge in [-0.25, -0.2) is 9.78 Å². The van der Waals surface area contributed by atoms with E-state index in [0.29, 0.717) is 10.2 Å². The second kappa shape index (κ2) is 7.39. The van der Waals surface area contributed by atoms with Gasteiger partial charge in [0.15, 0.2) is 11.9 Å². The number of nitrogens with one attached hydrogen (secondary N) is 1. The molecule has 2 aromatic heterocycles. The first-order valence-electron chi connectivity index (χ1n) is 8.26. The molecule has 10 heteroatoms. The van der Waals surface area contributed by atoms with Crippen LogP contribution in [0.15, 0.2) is 23.0 Å². The van der Waals surface area contributed by atoms with Gasteiger partial charge in [-0.2, -0.15) is 0 Å². The molecular weight excluding hydrogens is 386 g/mol. The second-order valence-electron chi connectivity index (χ2n) is 6.10. The number of hydrogen-bond acceptors (Lipinski definition) is 8. The van der Waals surface area contributed by atoms with E-state index in [1.807, 2.05) is 13.8 Å². The van der Waals surface area contributed by atoms with Crippen molar-refractivity contribution in [3.8, 4) is 5.75 Å². The smallest absolute Gasteiger partial charge is 0.342 e. The summed E-state index contributed by atoms with van der Waals surface area (Å²) in [7, 11) is 1.34. The first kappa shape index (κ1) is 19.5. The molecule has 0 aliphatic rings. The van der Waals surface area contributed by atoms with Gasteiger partial charge in [-0.3, -0.25) is 14.9 Å². The van der Waals surface area contributed by atoms with E-state index in [0.717, 1.165) is 16.5 Å². The summed E-state index contributed by atoms with van der Waals surface area (Å²) >= 11 is 1.38. The maximum atomic E-state index is 12.5. The monoisotopic (exact) mass is 403 g/mol. The number of methoxy groups -OCH3 is 1. The molecule has 3 rings (SSSR count). The van der Waals surface area contributed by atoms with Gasteiger partial charge < -0.3 is 14.5 Å². The minimum Gasteiger partial charge on any atom is -0.496 e. The number of esters is 1. The summed E-state index contributed by atoms with van der Waals surface area (Å²) in [5.74, 6) is -0.491. The Labute approximate surface area is 163 Å². The molecule has 1 atom stereocenters. The zero-order valence-electron chi connectivity index (χ0n) is 15.6. The van der Waals surface area contributed by atoms with Crippen LogP contribution in [0, 0.1) is 24.0 Å². The number of rotatable bonds is 5. The predicted molar refractivity (Wildman–Crippen MR) is 103 cm³/mol. The number of nitro groups is 1. The Bertz CT molecular complexity index is 1150. The maximum Gasteiger partial charge on any atom is 0.342 e. The molecule has 146 valence electrons. The molecule has 28 heavy (non-hydrogen) atoms. The van der Waals surface area contributed by atoms with E-state index < -0.39 is 17.0 Å². The summed E-state index contributed by atoms with van der Waals surface area (Å²) in [4.78, 5) is 43.9. The number of hydrogen-bond donors (Lipinski definition) is 1. The van der Waals surface area contributed by atoms with Gasteiger partial charge in [0, 0.05) is 17.0 Å². The van der Waals surface area contributed by atoms with Gasteiger partial charge in [0.2, 0.25) is 0 Å². The highest BCUT2D eigenvalue weighted by Gasteiger charge is 2.23. The van der Waals surface area contributed by atoms with Gasteiger partial charge in [-0.05, 0) is 32.4 Å². The van der Waals surface area contributed by atoms with Crippen LogP contribution in [0.5, 0.6) is 5.75 Å². The number of aryl methyl sites for hydroxylation is 2. The first-order valence-corrected chi connectivity index (χ1v) is 9.08. The number of fused-ring (bicyclic) bond motifs is 1. The van der Waals surface area contributed by atoms with E-state index in [2.05, 4.69) is 9.97 Å². The van der Waals surface area contributed by atoms with Crippen LogP contribution >= 0.6 is 11.3 Å². The molecule has 3 aromatic rings. The molecule has 9 nitrogen and oxygen atoms in total. The molecule has 0 spiro atoms. The average molecular weight is 403 g/mol. The Morgan fingerprint density at radius 3 is 2.71 bits per heavy atom. The molecule has 0 bridgehead atoms. The van der Waals surface area contributed by atoms with Crippen LogP contribution in [0.4, 0.5) is 5.69 Å². The van der Waals surface area contributed by atoms with Crippen LogP contribution in [0.25, 0.3) is 10.2 Å². The second-order valence-corrected chi connectivity index (χ2v) is 7.31.